The first kappa shape index (κ1) is 17.3. The number of piperazine rings is 1. The Kier molecular flexibility index (Phi) is 5.90. The van der Waals surface area contributed by atoms with Gasteiger partial charge in [-0.05, 0) is 37.2 Å². The molecule has 1 aliphatic heterocycles. The molecule has 0 aromatic heterocycles. The van der Waals surface area contributed by atoms with Crippen LogP contribution in [0.2, 0.25) is 0 Å². The number of anilines is 1. The van der Waals surface area contributed by atoms with Gasteiger partial charge in [-0.3, -0.25) is 4.90 Å². The average molecular weight is 339 g/mol. The number of hydrogen-bond donors (Lipinski definition) is 1. The molecule has 0 bridgehead atoms. The SMILES string of the molecule is CCCN1CCN(C(=O)Nc2ccccc2Oc2ccccc2)CC1. The van der Waals surface area contributed by atoms with E-state index >= 15 is 0 Å². The van der Waals surface area contributed by atoms with Crippen LogP contribution < -0.4 is 10.1 Å². The zero-order valence-electron chi connectivity index (χ0n) is 14.6. The molecule has 0 saturated carbocycles. The third-order valence-corrected chi connectivity index (χ3v) is 4.30. The average Bonchev–Trinajstić information content (AvgIpc) is 2.65. The molecule has 5 nitrogen and oxygen atoms in total. The number of rotatable bonds is 5. The Balaban J connectivity index is 1.62. The van der Waals surface area contributed by atoms with Crippen molar-refractivity contribution in [2.75, 3.05) is 38.0 Å². The summed E-state index contributed by atoms with van der Waals surface area (Å²) in [5, 5.41) is 2.99. The number of carbonyl (C=O) groups is 1. The summed E-state index contributed by atoms with van der Waals surface area (Å²) in [4.78, 5) is 16.8. The first-order valence-corrected chi connectivity index (χ1v) is 8.86. The van der Waals surface area contributed by atoms with Crippen molar-refractivity contribution in [3.8, 4) is 11.5 Å². The minimum atomic E-state index is -0.0692. The van der Waals surface area contributed by atoms with E-state index in [-0.39, 0.29) is 6.03 Å². The van der Waals surface area contributed by atoms with Crippen molar-refractivity contribution in [3.63, 3.8) is 0 Å². The van der Waals surface area contributed by atoms with E-state index < -0.39 is 0 Å². The van der Waals surface area contributed by atoms with Crippen LogP contribution in [0.5, 0.6) is 11.5 Å². The lowest BCUT2D eigenvalue weighted by molar-refractivity contribution is 0.147. The molecule has 1 heterocycles. The van der Waals surface area contributed by atoms with Crippen LogP contribution in [0.3, 0.4) is 0 Å². The van der Waals surface area contributed by atoms with Crippen molar-refractivity contribution in [1.29, 1.82) is 0 Å². The van der Waals surface area contributed by atoms with Gasteiger partial charge in [-0.15, -0.1) is 0 Å². The third kappa shape index (κ3) is 4.73. The number of hydrogen-bond acceptors (Lipinski definition) is 3. The van der Waals surface area contributed by atoms with Gasteiger partial charge in [0.25, 0.3) is 0 Å². The highest BCUT2D eigenvalue weighted by Crippen LogP contribution is 2.29. The van der Waals surface area contributed by atoms with Gasteiger partial charge in [0, 0.05) is 26.2 Å². The maximum absolute atomic E-state index is 12.6. The fraction of sp³-hybridized carbons (Fsp3) is 0.350. The second kappa shape index (κ2) is 8.53. The fourth-order valence-corrected chi connectivity index (χ4v) is 2.96. The number of amides is 2. The molecule has 1 aliphatic rings. The highest BCUT2D eigenvalue weighted by Gasteiger charge is 2.21. The van der Waals surface area contributed by atoms with E-state index in [1.165, 1.54) is 0 Å². The molecule has 0 unspecified atom stereocenters. The Labute approximate surface area is 149 Å². The summed E-state index contributed by atoms with van der Waals surface area (Å²) in [6, 6.07) is 17.0. The summed E-state index contributed by atoms with van der Waals surface area (Å²) in [7, 11) is 0. The molecule has 0 spiro atoms. The first-order chi connectivity index (χ1) is 12.3. The fourth-order valence-electron chi connectivity index (χ4n) is 2.96. The monoisotopic (exact) mass is 339 g/mol. The van der Waals surface area contributed by atoms with Gasteiger partial charge in [-0.25, -0.2) is 4.79 Å². The summed E-state index contributed by atoms with van der Waals surface area (Å²) < 4.78 is 5.91. The molecule has 132 valence electrons. The van der Waals surface area contributed by atoms with E-state index in [0.29, 0.717) is 11.4 Å². The highest BCUT2D eigenvalue weighted by molar-refractivity contribution is 5.91. The van der Waals surface area contributed by atoms with Crippen molar-refractivity contribution in [2.45, 2.75) is 13.3 Å². The Morgan fingerprint density at radius 3 is 2.40 bits per heavy atom. The Bertz CT molecular complexity index is 682. The molecule has 0 aliphatic carbocycles. The van der Waals surface area contributed by atoms with Gasteiger partial charge in [0.2, 0.25) is 0 Å². The van der Waals surface area contributed by atoms with Gasteiger partial charge in [-0.2, -0.15) is 0 Å². The molecule has 2 amide bonds. The minimum Gasteiger partial charge on any atom is -0.455 e. The van der Waals surface area contributed by atoms with Gasteiger partial charge in [0.05, 0.1) is 5.69 Å². The van der Waals surface area contributed by atoms with Crippen molar-refractivity contribution in [3.05, 3.63) is 54.6 Å². The predicted molar refractivity (Wildman–Crippen MR) is 100 cm³/mol. The van der Waals surface area contributed by atoms with Gasteiger partial charge >= 0.3 is 6.03 Å². The number of urea groups is 1. The van der Waals surface area contributed by atoms with Crippen LogP contribution in [-0.4, -0.2) is 48.6 Å². The number of para-hydroxylation sites is 3. The third-order valence-electron chi connectivity index (χ3n) is 4.30. The summed E-state index contributed by atoms with van der Waals surface area (Å²) in [5.74, 6) is 1.39. The van der Waals surface area contributed by atoms with E-state index in [1.54, 1.807) is 0 Å². The van der Waals surface area contributed by atoms with Crippen molar-refractivity contribution < 1.29 is 9.53 Å². The van der Waals surface area contributed by atoms with E-state index in [2.05, 4.69) is 17.1 Å². The highest BCUT2D eigenvalue weighted by atomic mass is 16.5. The van der Waals surface area contributed by atoms with Gasteiger partial charge in [0.1, 0.15) is 5.75 Å². The summed E-state index contributed by atoms with van der Waals surface area (Å²) in [6.07, 6.45) is 1.15. The van der Waals surface area contributed by atoms with E-state index in [0.717, 1.165) is 44.9 Å². The smallest absolute Gasteiger partial charge is 0.322 e. The van der Waals surface area contributed by atoms with Gasteiger partial charge in [-0.1, -0.05) is 37.3 Å². The quantitative estimate of drug-likeness (QED) is 0.894. The maximum atomic E-state index is 12.6. The second-order valence-electron chi connectivity index (χ2n) is 6.17. The summed E-state index contributed by atoms with van der Waals surface area (Å²) >= 11 is 0. The van der Waals surface area contributed by atoms with Crippen molar-refractivity contribution in [2.24, 2.45) is 0 Å². The number of ether oxygens (including phenoxy) is 1. The number of nitrogens with one attached hydrogen (secondary N) is 1. The molecule has 1 fully saturated rings. The Hall–Kier alpha value is -2.53. The number of nitrogens with zero attached hydrogens (tertiary/aromatic N) is 2. The maximum Gasteiger partial charge on any atom is 0.322 e. The lowest BCUT2D eigenvalue weighted by Crippen LogP contribution is -2.50. The Morgan fingerprint density at radius 2 is 1.68 bits per heavy atom. The van der Waals surface area contributed by atoms with Gasteiger partial charge < -0.3 is 15.0 Å². The number of carbonyl (C=O) groups excluding carboxylic acids is 1. The molecule has 0 radical (unpaired) electrons. The van der Waals surface area contributed by atoms with Crippen LogP contribution in [-0.2, 0) is 0 Å². The van der Waals surface area contributed by atoms with Gasteiger partial charge in [0.15, 0.2) is 5.75 Å². The predicted octanol–water partition coefficient (Wildman–Crippen LogP) is 4.04. The molecule has 25 heavy (non-hydrogen) atoms. The molecule has 0 atom stereocenters. The van der Waals surface area contributed by atoms with E-state index in [9.17, 15) is 4.79 Å². The van der Waals surface area contributed by atoms with Crippen molar-refractivity contribution >= 4 is 11.7 Å². The molecule has 2 aromatic carbocycles. The van der Waals surface area contributed by atoms with Crippen LogP contribution in [0.15, 0.2) is 54.6 Å². The molecule has 1 saturated heterocycles. The number of benzene rings is 2. The van der Waals surface area contributed by atoms with Crippen LogP contribution >= 0.6 is 0 Å². The molecule has 5 heteroatoms. The minimum absolute atomic E-state index is 0.0692. The molecular formula is C20H25N3O2. The molecule has 2 aromatic rings. The van der Waals surface area contributed by atoms with Crippen molar-refractivity contribution in [1.82, 2.24) is 9.80 Å². The van der Waals surface area contributed by atoms with E-state index in [4.69, 9.17) is 4.74 Å². The first-order valence-electron chi connectivity index (χ1n) is 8.86. The lowest BCUT2D eigenvalue weighted by atomic mass is 10.2. The molecular weight excluding hydrogens is 314 g/mol. The second-order valence-corrected chi connectivity index (χ2v) is 6.17. The van der Waals surface area contributed by atoms with E-state index in [1.807, 2.05) is 59.5 Å². The molecule has 3 rings (SSSR count). The van der Waals surface area contributed by atoms with Crippen LogP contribution in [0, 0.1) is 0 Å². The standard InChI is InChI=1S/C20H25N3O2/c1-2-12-22-13-15-23(16-14-22)20(24)21-18-10-6-7-11-19(18)25-17-8-4-3-5-9-17/h3-11H,2,12-16H2,1H3,(H,21,24). The lowest BCUT2D eigenvalue weighted by Gasteiger charge is -2.34. The summed E-state index contributed by atoms with van der Waals surface area (Å²) in [6.45, 7) is 6.67. The largest absolute Gasteiger partial charge is 0.455 e. The molecule has 1 N–H and O–H groups in total. The topological polar surface area (TPSA) is 44.8 Å². The Morgan fingerprint density at radius 1 is 1.00 bits per heavy atom. The zero-order chi connectivity index (χ0) is 17.5. The van der Waals surface area contributed by atoms with Crippen LogP contribution in [0.1, 0.15) is 13.3 Å². The van der Waals surface area contributed by atoms with Crippen LogP contribution in [0.25, 0.3) is 0 Å². The normalized spacial score (nSPS) is 15.0. The summed E-state index contributed by atoms with van der Waals surface area (Å²) in [5.41, 5.74) is 0.687. The zero-order valence-corrected chi connectivity index (χ0v) is 14.6. The van der Waals surface area contributed by atoms with Crippen LogP contribution in [0.4, 0.5) is 10.5 Å².